The predicted octanol–water partition coefficient (Wildman–Crippen LogP) is 3.74. The van der Waals surface area contributed by atoms with Gasteiger partial charge in [0.2, 0.25) is 9.90 Å². The second-order valence-electron chi connectivity index (χ2n) is 7.05. The van der Waals surface area contributed by atoms with E-state index in [4.69, 9.17) is 44.3 Å². The average Bonchev–Trinajstić information content (AvgIpc) is 2.66. The molecular weight excluding hydrogens is 443 g/mol. The molecule has 158 valence electrons. The maximum absolute atomic E-state index is 12.0. The Morgan fingerprint density at radius 2 is 1.97 bits per heavy atom. The summed E-state index contributed by atoms with van der Waals surface area (Å²) in [5.41, 5.74) is 1.36. The molecule has 0 saturated carbocycles. The Labute approximate surface area is 183 Å². The molecule has 10 heteroatoms. The SMILES string of the molecule is CC(=O)/C=C(\C[C@@H]1c2ccccc2O[C@@H](C(Cl)(Cl)Cl)[C@@H]1[N+](=O)[O-])N1CCOCC1. The number of carbonyl (C=O) groups is 1. The van der Waals surface area contributed by atoms with Crippen LogP contribution in [0.15, 0.2) is 36.0 Å². The first kappa shape index (κ1) is 22.2. The van der Waals surface area contributed by atoms with Crippen molar-refractivity contribution in [1.29, 1.82) is 0 Å². The second-order valence-corrected chi connectivity index (χ2v) is 9.42. The van der Waals surface area contributed by atoms with Crippen LogP contribution in [-0.4, -0.2) is 57.8 Å². The van der Waals surface area contributed by atoms with E-state index >= 15 is 0 Å². The summed E-state index contributed by atoms with van der Waals surface area (Å²) in [5.74, 6) is -0.331. The summed E-state index contributed by atoms with van der Waals surface area (Å²) in [4.78, 5) is 25.5. The number of benzene rings is 1. The molecule has 3 atom stereocenters. The van der Waals surface area contributed by atoms with Gasteiger partial charge in [0.05, 0.1) is 19.1 Å². The summed E-state index contributed by atoms with van der Waals surface area (Å²) >= 11 is 18.2. The van der Waals surface area contributed by atoms with Crippen molar-refractivity contribution in [2.24, 2.45) is 0 Å². The first-order chi connectivity index (χ1) is 13.7. The van der Waals surface area contributed by atoms with Crippen LogP contribution in [0, 0.1) is 10.1 Å². The number of rotatable bonds is 5. The number of nitro groups is 1. The lowest BCUT2D eigenvalue weighted by Gasteiger charge is -2.39. The number of fused-ring (bicyclic) bond motifs is 1. The highest BCUT2D eigenvalue weighted by Crippen LogP contribution is 2.47. The fraction of sp³-hybridized carbons (Fsp3) is 0.526. The number of morpholine rings is 1. The molecule has 29 heavy (non-hydrogen) atoms. The van der Waals surface area contributed by atoms with Crippen LogP contribution in [-0.2, 0) is 9.53 Å². The smallest absolute Gasteiger partial charge is 0.260 e. The fourth-order valence-corrected chi connectivity index (χ4v) is 4.35. The molecule has 3 rings (SSSR count). The summed E-state index contributed by atoms with van der Waals surface area (Å²) in [6.45, 7) is 3.69. The minimum atomic E-state index is -1.99. The Bertz CT molecular complexity index is 805. The van der Waals surface area contributed by atoms with Crippen LogP contribution in [0.5, 0.6) is 5.75 Å². The summed E-state index contributed by atoms with van der Waals surface area (Å²) in [7, 11) is 0. The van der Waals surface area contributed by atoms with E-state index in [-0.39, 0.29) is 12.2 Å². The van der Waals surface area contributed by atoms with Gasteiger partial charge < -0.3 is 14.4 Å². The van der Waals surface area contributed by atoms with Gasteiger partial charge in [0, 0.05) is 35.7 Å². The number of halogens is 3. The minimum Gasteiger partial charge on any atom is -0.478 e. The number of para-hydroxylation sites is 1. The van der Waals surface area contributed by atoms with Crippen molar-refractivity contribution in [3.63, 3.8) is 0 Å². The van der Waals surface area contributed by atoms with Crippen molar-refractivity contribution in [3.8, 4) is 5.75 Å². The van der Waals surface area contributed by atoms with E-state index in [0.29, 0.717) is 43.3 Å². The number of nitrogens with zero attached hydrogens (tertiary/aromatic N) is 2. The van der Waals surface area contributed by atoms with Crippen LogP contribution in [0.3, 0.4) is 0 Å². The van der Waals surface area contributed by atoms with Crippen molar-refractivity contribution >= 4 is 40.6 Å². The van der Waals surface area contributed by atoms with Crippen LogP contribution in [0.4, 0.5) is 0 Å². The lowest BCUT2D eigenvalue weighted by atomic mass is 9.82. The van der Waals surface area contributed by atoms with E-state index in [1.54, 1.807) is 24.3 Å². The summed E-state index contributed by atoms with van der Waals surface area (Å²) in [5, 5.41) is 12.0. The maximum Gasteiger partial charge on any atom is 0.260 e. The Morgan fingerprint density at radius 1 is 1.31 bits per heavy atom. The average molecular weight is 464 g/mol. The number of hydrogen-bond acceptors (Lipinski definition) is 6. The molecule has 0 amide bonds. The third-order valence-corrected chi connectivity index (χ3v) is 5.72. The van der Waals surface area contributed by atoms with Gasteiger partial charge in [-0.1, -0.05) is 53.0 Å². The van der Waals surface area contributed by atoms with E-state index in [0.717, 1.165) is 0 Å². The molecule has 0 N–H and O–H groups in total. The number of ketones is 1. The molecule has 7 nitrogen and oxygen atoms in total. The van der Waals surface area contributed by atoms with E-state index in [9.17, 15) is 14.9 Å². The van der Waals surface area contributed by atoms with Gasteiger partial charge in [-0.05, 0) is 19.1 Å². The highest BCUT2D eigenvalue weighted by molar-refractivity contribution is 6.68. The Balaban J connectivity index is 2.04. The van der Waals surface area contributed by atoms with E-state index in [2.05, 4.69) is 0 Å². The third kappa shape index (κ3) is 5.15. The van der Waals surface area contributed by atoms with Crippen molar-refractivity contribution < 1.29 is 19.2 Å². The van der Waals surface area contributed by atoms with Crippen LogP contribution < -0.4 is 4.74 Å². The first-order valence-electron chi connectivity index (χ1n) is 9.18. The van der Waals surface area contributed by atoms with Crippen molar-refractivity contribution in [2.45, 2.75) is 35.2 Å². The van der Waals surface area contributed by atoms with Crippen LogP contribution in [0.2, 0.25) is 0 Å². The highest BCUT2D eigenvalue weighted by Gasteiger charge is 2.55. The first-order valence-corrected chi connectivity index (χ1v) is 10.3. The zero-order chi connectivity index (χ0) is 21.2. The number of ether oxygens (including phenoxy) is 2. The quantitative estimate of drug-likeness (QED) is 0.286. The molecule has 2 aliphatic heterocycles. The van der Waals surface area contributed by atoms with Crippen LogP contribution >= 0.6 is 34.8 Å². The monoisotopic (exact) mass is 462 g/mol. The molecule has 0 radical (unpaired) electrons. The molecule has 1 fully saturated rings. The van der Waals surface area contributed by atoms with Gasteiger partial charge in [-0.2, -0.15) is 0 Å². The summed E-state index contributed by atoms with van der Waals surface area (Å²) < 4.78 is 9.15. The molecule has 0 aliphatic carbocycles. The van der Waals surface area contributed by atoms with Gasteiger partial charge in [-0.25, -0.2) is 0 Å². The Hall–Kier alpha value is -1.54. The number of carbonyl (C=O) groups excluding carboxylic acids is 1. The van der Waals surface area contributed by atoms with Crippen LogP contribution in [0.25, 0.3) is 0 Å². The zero-order valence-electron chi connectivity index (χ0n) is 15.7. The maximum atomic E-state index is 12.0. The predicted molar refractivity (Wildman–Crippen MR) is 110 cm³/mol. The molecule has 2 heterocycles. The lowest BCUT2D eigenvalue weighted by molar-refractivity contribution is -0.538. The van der Waals surface area contributed by atoms with Gasteiger partial charge in [0.25, 0.3) is 6.04 Å². The molecule has 1 aromatic rings. The molecule has 0 unspecified atom stereocenters. The lowest BCUT2D eigenvalue weighted by Crippen LogP contribution is -2.52. The Kier molecular flexibility index (Phi) is 6.94. The Morgan fingerprint density at radius 3 is 2.55 bits per heavy atom. The van der Waals surface area contributed by atoms with Gasteiger partial charge in [-0.15, -0.1) is 0 Å². The normalized spacial score (nSPS) is 25.2. The molecule has 0 bridgehead atoms. The van der Waals surface area contributed by atoms with Gasteiger partial charge in [0.1, 0.15) is 5.75 Å². The minimum absolute atomic E-state index is 0.137. The highest BCUT2D eigenvalue weighted by atomic mass is 35.6. The second kappa shape index (κ2) is 9.08. The summed E-state index contributed by atoms with van der Waals surface area (Å²) in [6, 6.07) is 5.71. The molecule has 0 aromatic heterocycles. The van der Waals surface area contributed by atoms with Gasteiger partial charge in [0.15, 0.2) is 5.78 Å². The van der Waals surface area contributed by atoms with Crippen molar-refractivity contribution in [2.75, 3.05) is 26.3 Å². The van der Waals surface area contributed by atoms with Crippen molar-refractivity contribution in [1.82, 2.24) is 4.90 Å². The standard InChI is InChI=1S/C19H21Cl3N2O5/c1-12(25)10-13(23-6-8-28-9-7-23)11-15-14-4-2-3-5-16(14)29-18(19(20,21)22)17(15)24(26)27/h2-5,10,15,17-18H,6-9,11H2,1H3/b13-10+/t15-,17-,18-/m1/s1. The molecule has 1 saturated heterocycles. The zero-order valence-corrected chi connectivity index (χ0v) is 18.0. The number of allylic oxidation sites excluding steroid dienone is 2. The number of alkyl halides is 3. The third-order valence-electron chi connectivity index (χ3n) is 5.08. The van der Waals surface area contributed by atoms with Crippen molar-refractivity contribution in [3.05, 3.63) is 51.7 Å². The molecular formula is C19H21Cl3N2O5. The molecule has 1 aromatic carbocycles. The van der Waals surface area contributed by atoms with E-state index in [1.165, 1.54) is 13.0 Å². The summed E-state index contributed by atoms with van der Waals surface area (Å²) in [6.07, 6.45) is 0.485. The van der Waals surface area contributed by atoms with Crippen LogP contribution in [0.1, 0.15) is 24.8 Å². The van der Waals surface area contributed by atoms with Gasteiger partial charge in [-0.3, -0.25) is 14.9 Å². The van der Waals surface area contributed by atoms with Gasteiger partial charge >= 0.3 is 0 Å². The molecule has 2 aliphatic rings. The topological polar surface area (TPSA) is 81.9 Å². The molecule has 0 spiro atoms. The number of hydrogen-bond donors (Lipinski definition) is 0. The van der Waals surface area contributed by atoms with E-state index < -0.39 is 26.8 Å². The fourth-order valence-electron chi connectivity index (χ4n) is 3.83. The largest absolute Gasteiger partial charge is 0.478 e. The van der Waals surface area contributed by atoms with E-state index in [1.807, 2.05) is 4.90 Å².